The van der Waals surface area contributed by atoms with E-state index in [0.717, 1.165) is 67.1 Å². The molecule has 1 aliphatic heterocycles. The molecular weight excluding hydrogens is 560 g/mol. The van der Waals surface area contributed by atoms with Crippen molar-refractivity contribution < 1.29 is 67.7 Å². The molecule has 0 saturated carbocycles. The molecule has 1 aromatic carbocycles. The molecular formula is C31H46N5O2Rb. The van der Waals surface area contributed by atoms with Gasteiger partial charge in [-0.05, 0) is 96.6 Å². The summed E-state index contributed by atoms with van der Waals surface area (Å²) in [5.74, 6) is 1.70. The van der Waals surface area contributed by atoms with Gasteiger partial charge in [-0.25, -0.2) is 4.79 Å². The molecule has 39 heavy (non-hydrogen) atoms. The topological polar surface area (TPSA) is 72.3 Å². The van der Waals surface area contributed by atoms with Crippen LogP contribution >= 0.6 is 0 Å². The van der Waals surface area contributed by atoms with Crippen molar-refractivity contribution in [3.05, 3.63) is 59.7 Å². The molecule has 7 nitrogen and oxygen atoms in total. The number of pyridine rings is 1. The molecule has 1 aliphatic rings. The maximum atomic E-state index is 12.3. The molecule has 0 aliphatic carbocycles. The van der Waals surface area contributed by atoms with Gasteiger partial charge in [0.1, 0.15) is 5.60 Å². The van der Waals surface area contributed by atoms with E-state index in [2.05, 4.69) is 46.8 Å². The fourth-order valence-electron chi connectivity index (χ4n) is 5.03. The van der Waals surface area contributed by atoms with Gasteiger partial charge in [-0.15, -0.1) is 6.07 Å². The molecule has 0 atom stereocenters. The number of imidazole rings is 1. The number of aryl methyl sites for hydroxylation is 1. The Morgan fingerprint density at radius 3 is 2.44 bits per heavy atom. The first-order chi connectivity index (χ1) is 18.0. The second-order valence-corrected chi connectivity index (χ2v) is 11.7. The normalized spacial score (nSPS) is 14.8. The fraction of sp³-hybridized carbons (Fsp3) is 0.581. The molecule has 0 spiro atoms. The SMILES string of the molecule is CC.Cc1cccc(Cn2c(CC3CCN(CC(C)(C)NC(=O)OC(C)(C)C)CC3)nc3cc[c-]cc32)n1.[Rb+]. The summed E-state index contributed by atoms with van der Waals surface area (Å²) in [6.45, 7) is 19.3. The number of likely N-dealkylation sites (tertiary alicyclic amines) is 1. The summed E-state index contributed by atoms with van der Waals surface area (Å²) in [6, 6.07) is 15.4. The van der Waals surface area contributed by atoms with Crippen molar-refractivity contribution in [1.82, 2.24) is 24.8 Å². The van der Waals surface area contributed by atoms with E-state index in [-0.39, 0.29) is 69.8 Å². The molecule has 8 heteroatoms. The van der Waals surface area contributed by atoms with Crippen molar-refractivity contribution >= 4 is 17.1 Å². The number of ether oxygens (including phenoxy) is 1. The largest absolute Gasteiger partial charge is 1.00 e. The first-order valence-electron chi connectivity index (χ1n) is 14.0. The van der Waals surface area contributed by atoms with Crippen LogP contribution in [-0.4, -0.2) is 56.3 Å². The Kier molecular flexibility index (Phi) is 13.3. The van der Waals surface area contributed by atoms with Crippen molar-refractivity contribution in [2.45, 2.75) is 92.3 Å². The maximum Gasteiger partial charge on any atom is 1.00 e. The number of aromatic nitrogens is 3. The number of carbonyl (C=O) groups is 1. The number of hydrogen-bond donors (Lipinski definition) is 1. The van der Waals surface area contributed by atoms with Crippen molar-refractivity contribution in [2.24, 2.45) is 5.92 Å². The third kappa shape index (κ3) is 10.7. The van der Waals surface area contributed by atoms with Gasteiger partial charge < -0.3 is 19.5 Å². The van der Waals surface area contributed by atoms with E-state index >= 15 is 0 Å². The van der Waals surface area contributed by atoms with Crippen molar-refractivity contribution in [2.75, 3.05) is 19.6 Å². The average Bonchev–Trinajstić information content (AvgIpc) is 3.16. The molecule has 0 bridgehead atoms. The number of piperidine rings is 1. The van der Waals surface area contributed by atoms with Gasteiger partial charge in [0, 0.05) is 18.7 Å². The molecule has 1 N–H and O–H groups in total. The van der Waals surface area contributed by atoms with E-state index in [4.69, 9.17) is 14.7 Å². The second-order valence-electron chi connectivity index (χ2n) is 11.7. The van der Waals surface area contributed by atoms with Gasteiger partial charge in [0.2, 0.25) is 0 Å². The second kappa shape index (κ2) is 15.2. The van der Waals surface area contributed by atoms with Gasteiger partial charge in [-0.2, -0.15) is 18.2 Å². The van der Waals surface area contributed by atoms with Gasteiger partial charge in [-0.3, -0.25) is 9.97 Å². The monoisotopic (exact) mass is 605 g/mol. The number of hydrogen-bond acceptors (Lipinski definition) is 5. The Hall–Kier alpha value is -1.12. The summed E-state index contributed by atoms with van der Waals surface area (Å²) >= 11 is 0. The van der Waals surface area contributed by atoms with Crippen LogP contribution in [0.15, 0.2) is 36.4 Å². The Morgan fingerprint density at radius 1 is 1.10 bits per heavy atom. The zero-order valence-electron chi connectivity index (χ0n) is 25.6. The van der Waals surface area contributed by atoms with Crippen LogP contribution in [0, 0.1) is 18.9 Å². The number of nitrogens with zero attached hydrogens (tertiary/aromatic N) is 4. The number of rotatable bonds is 7. The van der Waals surface area contributed by atoms with Crippen molar-refractivity contribution in [3.63, 3.8) is 0 Å². The third-order valence-corrected chi connectivity index (χ3v) is 6.57. The summed E-state index contributed by atoms with van der Waals surface area (Å²) in [6.07, 6.45) is 2.82. The van der Waals surface area contributed by atoms with E-state index in [1.165, 1.54) is 0 Å². The fourth-order valence-corrected chi connectivity index (χ4v) is 5.03. The van der Waals surface area contributed by atoms with Crippen LogP contribution in [0.25, 0.3) is 11.0 Å². The maximum absolute atomic E-state index is 12.3. The van der Waals surface area contributed by atoms with Crippen molar-refractivity contribution in [3.8, 4) is 0 Å². The van der Waals surface area contributed by atoms with E-state index in [1.54, 1.807) is 0 Å². The van der Waals surface area contributed by atoms with Gasteiger partial charge in [0.15, 0.2) is 0 Å². The molecule has 0 radical (unpaired) electrons. The number of benzene rings is 1. The van der Waals surface area contributed by atoms with Crippen LogP contribution < -0.4 is 63.5 Å². The van der Waals surface area contributed by atoms with Gasteiger partial charge in [-0.1, -0.05) is 19.9 Å². The Bertz CT molecular complexity index is 1190. The van der Waals surface area contributed by atoms with Crippen LogP contribution in [-0.2, 0) is 17.7 Å². The van der Waals surface area contributed by atoms with E-state index in [1.807, 2.05) is 65.8 Å². The summed E-state index contributed by atoms with van der Waals surface area (Å²) in [4.78, 5) is 24.4. The van der Waals surface area contributed by atoms with E-state index in [0.29, 0.717) is 12.5 Å². The number of alkyl carbamates (subject to hydrolysis) is 1. The van der Waals surface area contributed by atoms with Crippen LogP contribution in [0.5, 0.6) is 0 Å². The predicted octanol–water partition coefficient (Wildman–Crippen LogP) is 3.18. The number of fused-ring (bicyclic) bond motifs is 1. The molecule has 4 rings (SSSR count). The number of carbonyl (C=O) groups excluding carboxylic acids is 1. The van der Waals surface area contributed by atoms with Crippen LogP contribution in [0.4, 0.5) is 4.79 Å². The minimum atomic E-state index is -0.498. The molecule has 0 unspecified atom stereocenters. The van der Waals surface area contributed by atoms with Crippen LogP contribution in [0.2, 0.25) is 0 Å². The molecule has 1 amide bonds. The van der Waals surface area contributed by atoms with Gasteiger partial charge >= 0.3 is 64.3 Å². The van der Waals surface area contributed by atoms with Gasteiger partial charge in [0.25, 0.3) is 0 Å². The summed E-state index contributed by atoms with van der Waals surface area (Å²) in [7, 11) is 0. The Labute approximate surface area is 284 Å². The molecule has 3 heterocycles. The third-order valence-electron chi connectivity index (χ3n) is 6.57. The molecule has 1 saturated heterocycles. The summed E-state index contributed by atoms with van der Waals surface area (Å²) in [5.41, 5.74) is 3.35. The van der Waals surface area contributed by atoms with E-state index in [9.17, 15) is 4.79 Å². The zero-order valence-corrected chi connectivity index (χ0v) is 30.5. The van der Waals surface area contributed by atoms with E-state index < -0.39 is 5.60 Å². The standard InChI is InChI=1S/C29H40N5O2.C2H6.Rb/c1-21-10-9-11-23(30-21)19-34-25-13-8-7-12-24(25)31-26(34)18-22-14-16-33(17-15-22)20-29(5,6)32-27(35)36-28(2,3)4;1-2;/h7,9-13,22H,14-20H2,1-6H3,(H,32,35);1-2H3;/q-1;;+1. The summed E-state index contributed by atoms with van der Waals surface area (Å²) in [5, 5.41) is 3.04. The smallest absolute Gasteiger partial charge is 0.444 e. The Morgan fingerprint density at radius 2 is 1.79 bits per heavy atom. The van der Waals surface area contributed by atoms with Crippen LogP contribution in [0.3, 0.4) is 0 Å². The first-order valence-corrected chi connectivity index (χ1v) is 14.0. The zero-order chi connectivity index (χ0) is 27.9. The minimum absolute atomic E-state index is 0. The first kappa shape index (κ1) is 34.1. The predicted molar refractivity (Wildman–Crippen MR) is 154 cm³/mol. The average molecular weight is 606 g/mol. The van der Waals surface area contributed by atoms with Crippen molar-refractivity contribution in [1.29, 1.82) is 0 Å². The molecule has 3 aromatic rings. The summed E-state index contributed by atoms with van der Waals surface area (Å²) < 4.78 is 7.76. The Balaban J connectivity index is 0.00000174. The van der Waals surface area contributed by atoms with Gasteiger partial charge in [0.05, 0.1) is 23.6 Å². The minimum Gasteiger partial charge on any atom is -0.444 e. The molecule has 208 valence electrons. The van der Waals surface area contributed by atoms with Crippen LogP contribution in [0.1, 0.15) is 78.5 Å². The molecule has 2 aromatic heterocycles. The number of nitrogens with one attached hydrogen (secondary N) is 1. The quantitative estimate of drug-likeness (QED) is 0.419. The molecule has 1 fully saturated rings. The number of amides is 1.